The van der Waals surface area contributed by atoms with Crippen LogP contribution in [0.2, 0.25) is 0 Å². The lowest BCUT2D eigenvalue weighted by atomic mass is 10.1. The highest BCUT2D eigenvalue weighted by atomic mass is 35.5. The molecule has 0 fully saturated rings. The van der Waals surface area contributed by atoms with E-state index in [2.05, 4.69) is 6.92 Å². The minimum absolute atomic E-state index is 0.0584. The van der Waals surface area contributed by atoms with Gasteiger partial charge >= 0.3 is 0 Å². The van der Waals surface area contributed by atoms with Crippen molar-refractivity contribution in [1.82, 2.24) is 0 Å². The smallest absolute Gasteiger partial charge is 0.242 e. The highest BCUT2D eigenvalue weighted by molar-refractivity contribution is 6.64. The van der Waals surface area contributed by atoms with Crippen LogP contribution in [-0.2, 0) is 23.8 Å². The Kier molecular flexibility index (Phi) is 10.6. The van der Waals surface area contributed by atoms with E-state index < -0.39 is 21.6 Å². The van der Waals surface area contributed by atoms with Gasteiger partial charge in [0.15, 0.2) is 5.76 Å². The van der Waals surface area contributed by atoms with Crippen molar-refractivity contribution in [2.75, 3.05) is 33.0 Å². The zero-order valence-electron chi connectivity index (χ0n) is 13.5. The standard InChI is InChI=1S/C16H21Cl3O5/c1-2-3-4-5-6-22-7-8-23-9-10-24-16-13(19)14(20)11(17)12(18)15(16)21/h2-10H2,1H3. The third kappa shape index (κ3) is 6.73. The number of Topliss-reactive ketones (excluding diaryl/α,β-unsaturated/α-hetero) is 2. The molecule has 24 heavy (non-hydrogen) atoms. The molecule has 8 heteroatoms. The summed E-state index contributed by atoms with van der Waals surface area (Å²) in [5, 5.41) is -1.16. The predicted molar refractivity (Wildman–Crippen MR) is 93.4 cm³/mol. The van der Waals surface area contributed by atoms with E-state index in [4.69, 9.17) is 49.0 Å². The Morgan fingerprint density at radius 1 is 0.708 bits per heavy atom. The summed E-state index contributed by atoms with van der Waals surface area (Å²) in [5.41, 5.74) is 0. The Balaban J connectivity index is 2.15. The number of hydrogen-bond donors (Lipinski definition) is 0. The summed E-state index contributed by atoms with van der Waals surface area (Å²) in [6, 6.07) is 0. The molecule has 0 bridgehead atoms. The van der Waals surface area contributed by atoms with Crippen LogP contribution in [0, 0.1) is 0 Å². The van der Waals surface area contributed by atoms with Gasteiger partial charge in [0.05, 0.1) is 19.8 Å². The van der Waals surface area contributed by atoms with Crippen molar-refractivity contribution < 1.29 is 23.8 Å². The summed E-state index contributed by atoms with van der Waals surface area (Å²) in [6.07, 6.45) is 4.65. The number of ether oxygens (including phenoxy) is 3. The average Bonchev–Trinajstić information content (AvgIpc) is 2.58. The Labute approximate surface area is 156 Å². The molecule has 0 unspecified atom stereocenters. The van der Waals surface area contributed by atoms with Crippen molar-refractivity contribution in [3.05, 3.63) is 20.9 Å². The molecule has 0 aromatic carbocycles. The van der Waals surface area contributed by atoms with Crippen LogP contribution in [-0.4, -0.2) is 44.6 Å². The molecule has 0 aromatic rings. The zero-order valence-corrected chi connectivity index (χ0v) is 15.8. The van der Waals surface area contributed by atoms with Crippen molar-refractivity contribution >= 4 is 46.4 Å². The van der Waals surface area contributed by atoms with Gasteiger partial charge in [0.25, 0.3) is 0 Å². The van der Waals surface area contributed by atoms with Crippen LogP contribution in [0.3, 0.4) is 0 Å². The number of unbranched alkanes of at least 4 members (excludes halogenated alkanes) is 3. The molecule has 0 amide bonds. The summed E-state index contributed by atoms with van der Waals surface area (Å²) in [6.45, 7) is 4.09. The van der Waals surface area contributed by atoms with Crippen molar-refractivity contribution in [2.24, 2.45) is 0 Å². The summed E-state index contributed by atoms with van der Waals surface area (Å²) in [5.74, 6) is -1.73. The maximum atomic E-state index is 11.9. The van der Waals surface area contributed by atoms with Gasteiger partial charge in [0.1, 0.15) is 21.7 Å². The molecule has 1 aliphatic rings. The monoisotopic (exact) mass is 398 g/mol. The molecule has 0 saturated heterocycles. The number of rotatable bonds is 12. The number of halogens is 3. The first kappa shape index (κ1) is 21.5. The first-order chi connectivity index (χ1) is 11.5. The van der Waals surface area contributed by atoms with Crippen LogP contribution >= 0.6 is 34.8 Å². The number of carbonyl (C=O) groups is 2. The van der Waals surface area contributed by atoms with Crippen LogP contribution in [0.1, 0.15) is 32.6 Å². The number of allylic oxidation sites excluding steroid dienone is 3. The van der Waals surface area contributed by atoms with E-state index in [9.17, 15) is 9.59 Å². The van der Waals surface area contributed by atoms with Gasteiger partial charge in [-0.2, -0.15) is 0 Å². The lowest BCUT2D eigenvalue weighted by Gasteiger charge is -2.15. The van der Waals surface area contributed by atoms with E-state index in [0.717, 1.165) is 13.0 Å². The molecule has 0 saturated carbocycles. The topological polar surface area (TPSA) is 61.8 Å². The summed E-state index contributed by atoms with van der Waals surface area (Å²) in [7, 11) is 0. The van der Waals surface area contributed by atoms with E-state index in [1.165, 1.54) is 19.3 Å². The van der Waals surface area contributed by atoms with E-state index >= 15 is 0 Å². The van der Waals surface area contributed by atoms with Crippen molar-refractivity contribution in [3.63, 3.8) is 0 Å². The maximum Gasteiger partial charge on any atom is 0.242 e. The molecule has 0 aliphatic heterocycles. The van der Waals surface area contributed by atoms with Gasteiger partial charge in [0, 0.05) is 6.61 Å². The second-order valence-corrected chi connectivity index (χ2v) is 6.20. The normalized spacial score (nSPS) is 15.5. The molecule has 5 nitrogen and oxygen atoms in total. The molecule has 0 radical (unpaired) electrons. The molecular weight excluding hydrogens is 379 g/mol. The highest BCUT2D eigenvalue weighted by Gasteiger charge is 2.33. The van der Waals surface area contributed by atoms with Gasteiger partial charge in [-0.05, 0) is 6.42 Å². The maximum absolute atomic E-state index is 11.9. The van der Waals surface area contributed by atoms with Crippen LogP contribution in [0.4, 0.5) is 0 Å². The fourth-order valence-electron chi connectivity index (χ4n) is 1.88. The Morgan fingerprint density at radius 3 is 1.96 bits per heavy atom. The molecule has 1 rings (SSSR count). The number of ketones is 2. The summed E-state index contributed by atoms with van der Waals surface area (Å²) in [4.78, 5) is 23.5. The lowest BCUT2D eigenvalue weighted by molar-refractivity contribution is -0.118. The minimum Gasteiger partial charge on any atom is -0.485 e. The molecule has 0 atom stereocenters. The zero-order chi connectivity index (χ0) is 17.9. The highest BCUT2D eigenvalue weighted by Crippen LogP contribution is 2.31. The van der Waals surface area contributed by atoms with Crippen molar-refractivity contribution in [2.45, 2.75) is 32.6 Å². The average molecular weight is 400 g/mol. The van der Waals surface area contributed by atoms with E-state index in [0.29, 0.717) is 13.2 Å². The van der Waals surface area contributed by atoms with Gasteiger partial charge < -0.3 is 14.2 Å². The fourth-order valence-corrected chi connectivity index (χ4v) is 2.52. The number of hydrogen-bond acceptors (Lipinski definition) is 5. The minimum atomic E-state index is -0.727. The summed E-state index contributed by atoms with van der Waals surface area (Å²) >= 11 is 17.0. The molecule has 0 aromatic heterocycles. The predicted octanol–water partition coefficient (Wildman–Crippen LogP) is 3.91. The van der Waals surface area contributed by atoms with Crippen molar-refractivity contribution in [1.29, 1.82) is 0 Å². The quantitative estimate of drug-likeness (QED) is 0.368. The van der Waals surface area contributed by atoms with E-state index in [1.54, 1.807) is 0 Å². The Bertz CT molecular complexity index is 514. The van der Waals surface area contributed by atoms with Gasteiger partial charge in [0.2, 0.25) is 11.6 Å². The number of carbonyl (C=O) groups excluding carboxylic acids is 2. The Hall–Kier alpha value is -0.590. The first-order valence-electron chi connectivity index (χ1n) is 7.83. The third-order valence-corrected chi connectivity index (χ3v) is 4.35. The largest absolute Gasteiger partial charge is 0.485 e. The third-order valence-electron chi connectivity index (χ3n) is 3.18. The van der Waals surface area contributed by atoms with E-state index in [-0.39, 0.29) is 24.0 Å². The SMILES string of the molecule is CCCCCCOCCOCCOC1=C(Cl)C(=O)C(Cl)=C(Cl)C1=O. The van der Waals surface area contributed by atoms with Crippen LogP contribution in [0.15, 0.2) is 20.9 Å². The van der Waals surface area contributed by atoms with Crippen LogP contribution in [0.5, 0.6) is 0 Å². The summed E-state index contributed by atoms with van der Waals surface area (Å²) < 4.78 is 15.9. The second-order valence-electron chi connectivity index (χ2n) is 5.06. The van der Waals surface area contributed by atoms with E-state index in [1.807, 2.05) is 0 Å². The molecule has 0 N–H and O–H groups in total. The van der Waals surface area contributed by atoms with Gasteiger partial charge in [-0.3, -0.25) is 9.59 Å². The molecule has 1 aliphatic carbocycles. The Morgan fingerprint density at radius 2 is 1.29 bits per heavy atom. The second kappa shape index (κ2) is 11.9. The fraction of sp³-hybridized carbons (Fsp3) is 0.625. The molecule has 0 heterocycles. The van der Waals surface area contributed by atoms with Gasteiger partial charge in [-0.15, -0.1) is 0 Å². The van der Waals surface area contributed by atoms with Gasteiger partial charge in [-0.25, -0.2) is 0 Å². The van der Waals surface area contributed by atoms with Gasteiger partial charge in [-0.1, -0.05) is 61.0 Å². The van der Waals surface area contributed by atoms with Crippen molar-refractivity contribution in [3.8, 4) is 0 Å². The van der Waals surface area contributed by atoms with Crippen LogP contribution < -0.4 is 0 Å². The lowest BCUT2D eigenvalue weighted by Crippen LogP contribution is -2.21. The first-order valence-corrected chi connectivity index (χ1v) is 8.96. The molecular formula is C16H21Cl3O5. The molecule has 0 spiro atoms. The molecule has 136 valence electrons. The van der Waals surface area contributed by atoms with Crippen LogP contribution in [0.25, 0.3) is 0 Å².